The predicted octanol–water partition coefficient (Wildman–Crippen LogP) is 0.448. The van der Waals surface area contributed by atoms with Gasteiger partial charge in [0.1, 0.15) is 0 Å². The second kappa shape index (κ2) is 3.10. The fraction of sp³-hybridized carbons (Fsp3) is 0.429. The first-order chi connectivity index (χ1) is 5.52. The number of aromatic nitrogens is 2. The highest BCUT2D eigenvalue weighted by Crippen LogP contribution is 1.98. The van der Waals surface area contributed by atoms with Crippen molar-refractivity contribution >= 4 is 10.3 Å². The van der Waals surface area contributed by atoms with E-state index in [1.54, 1.807) is 14.0 Å². The third-order valence-electron chi connectivity index (χ3n) is 1.65. The van der Waals surface area contributed by atoms with Crippen LogP contribution in [0.2, 0.25) is 0 Å². The van der Waals surface area contributed by atoms with Crippen molar-refractivity contribution in [1.82, 2.24) is 9.55 Å². The molecule has 0 fully saturated rings. The zero-order chi connectivity index (χ0) is 9.30. The van der Waals surface area contributed by atoms with E-state index in [1.807, 2.05) is 13.0 Å². The first-order valence-corrected chi connectivity index (χ1v) is 4.53. The van der Waals surface area contributed by atoms with Gasteiger partial charge < -0.3 is 4.57 Å². The maximum Gasteiger partial charge on any atom is 0.258 e. The first-order valence-electron chi connectivity index (χ1n) is 3.46. The molecule has 1 aromatic heterocycles. The summed E-state index contributed by atoms with van der Waals surface area (Å²) < 4.78 is 22.9. The van der Waals surface area contributed by atoms with Crippen molar-refractivity contribution in [3.05, 3.63) is 22.2 Å². The van der Waals surface area contributed by atoms with Crippen molar-refractivity contribution < 1.29 is 8.42 Å². The molecule has 1 rings (SSSR count). The lowest BCUT2D eigenvalue weighted by Gasteiger charge is -2.02. The summed E-state index contributed by atoms with van der Waals surface area (Å²) in [6.07, 6.45) is 0. The van der Waals surface area contributed by atoms with Gasteiger partial charge in [-0.2, -0.15) is 8.42 Å². The van der Waals surface area contributed by atoms with Gasteiger partial charge in [0, 0.05) is 18.4 Å². The summed E-state index contributed by atoms with van der Waals surface area (Å²) in [4.78, 5) is 3.88. The molecule has 0 aliphatic heterocycles. The SMILES string of the molecule is Cc1cc(C)n(C)c(=S(=O)=O)n1. The van der Waals surface area contributed by atoms with Crippen LogP contribution in [-0.2, 0) is 17.3 Å². The number of aryl methyl sites for hydroxylation is 2. The fourth-order valence-electron chi connectivity index (χ4n) is 0.957. The fourth-order valence-corrected chi connectivity index (χ4v) is 1.54. The number of nitrogens with zero attached hydrogens (tertiary/aromatic N) is 2. The Balaban J connectivity index is 3.86. The van der Waals surface area contributed by atoms with E-state index in [-0.39, 0.29) is 4.77 Å². The molecule has 0 amide bonds. The summed E-state index contributed by atoms with van der Waals surface area (Å²) >= 11 is 0. The molecular weight excluding hydrogens is 176 g/mol. The van der Waals surface area contributed by atoms with E-state index in [4.69, 9.17) is 0 Å². The molecular formula is C7H10N2O2S. The molecule has 5 heteroatoms. The van der Waals surface area contributed by atoms with Crippen molar-refractivity contribution in [2.45, 2.75) is 13.8 Å². The molecule has 0 bridgehead atoms. The van der Waals surface area contributed by atoms with Crippen LogP contribution in [0.1, 0.15) is 11.4 Å². The number of rotatable bonds is 0. The molecule has 0 N–H and O–H groups in total. The Hall–Kier alpha value is -1.10. The van der Waals surface area contributed by atoms with Gasteiger partial charge in [-0.15, -0.1) is 0 Å². The van der Waals surface area contributed by atoms with Crippen LogP contribution in [0, 0.1) is 18.6 Å². The maximum atomic E-state index is 10.6. The van der Waals surface area contributed by atoms with Crippen LogP contribution in [0.25, 0.3) is 0 Å². The summed E-state index contributed by atoms with van der Waals surface area (Å²) in [6.45, 7) is 3.61. The van der Waals surface area contributed by atoms with Crippen molar-refractivity contribution in [3.63, 3.8) is 0 Å². The van der Waals surface area contributed by atoms with Crippen LogP contribution in [0.15, 0.2) is 6.07 Å². The predicted molar refractivity (Wildman–Crippen MR) is 44.8 cm³/mol. The summed E-state index contributed by atoms with van der Waals surface area (Å²) in [5.41, 5.74) is 1.59. The van der Waals surface area contributed by atoms with E-state index in [0.717, 1.165) is 5.69 Å². The van der Waals surface area contributed by atoms with Gasteiger partial charge in [0.25, 0.3) is 15.1 Å². The van der Waals surface area contributed by atoms with Gasteiger partial charge in [-0.25, -0.2) is 4.98 Å². The Labute approximate surface area is 72.0 Å². The summed E-state index contributed by atoms with van der Waals surface area (Å²) in [6, 6.07) is 1.83. The maximum absolute atomic E-state index is 10.6. The van der Waals surface area contributed by atoms with E-state index in [9.17, 15) is 8.42 Å². The van der Waals surface area contributed by atoms with Gasteiger partial charge in [-0.1, -0.05) is 0 Å². The average Bonchev–Trinajstić information content (AvgIpc) is 1.96. The Morgan fingerprint density at radius 3 is 2.50 bits per heavy atom. The van der Waals surface area contributed by atoms with E-state index in [1.165, 1.54) is 4.57 Å². The molecule has 4 nitrogen and oxygen atoms in total. The van der Waals surface area contributed by atoms with Gasteiger partial charge in [-0.3, -0.25) is 0 Å². The quantitative estimate of drug-likeness (QED) is 0.553. The van der Waals surface area contributed by atoms with Gasteiger partial charge in [0.2, 0.25) is 0 Å². The van der Waals surface area contributed by atoms with E-state index >= 15 is 0 Å². The molecule has 0 unspecified atom stereocenters. The van der Waals surface area contributed by atoms with E-state index in [0.29, 0.717) is 5.69 Å². The number of hydrogen-bond donors (Lipinski definition) is 0. The van der Waals surface area contributed by atoms with Gasteiger partial charge >= 0.3 is 0 Å². The largest absolute Gasteiger partial charge is 0.320 e. The lowest BCUT2D eigenvalue weighted by Crippen LogP contribution is -2.03. The molecule has 0 radical (unpaired) electrons. The lowest BCUT2D eigenvalue weighted by atomic mass is 10.3. The van der Waals surface area contributed by atoms with Crippen molar-refractivity contribution in [3.8, 4) is 0 Å². The number of hydrogen-bond acceptors (Lipinski definition) is 3. The molecule has 0 aliphatic rings. The van der Waals surface area contributed by atoms with Crippen molar-refractivity contribution in [2.75, 3.05) is 0 Å². The van der Waals surface area contributed by atoms with Gasteiger partial charge in [0.15, 0.2) is 0 Å². The Kier molecular flexibility index (Phi) is 2.32. The summed E-state index contributed by atoms with van der Waals surface area (Å²) in [5, 5.41) is 0. The van der Waals surface area contributed by atoms with Crippen molar-refractivity contribution in [1.29, 1.82) is 0 Å². The minimum Gasteiger partial charge on any atom is -0.320 e. The van der Waals surface area contributed by atoms with E-state index < -0.39 is 10.3 Å². The minimum absolute atomic E-state index is 0.0764. The molecule has 0 saturated heterocycles. The van der Waals surface area contributed by atoms with Gasteiger partial charge in [-0.05, 0) is 19.9 Å². The van der Waals surface area contributed by atoms with Crippen LogP contribution in [-0.4, -0.2) is 18.0 Å². The Morgan fingerprint density at radius 1 is 1.42 bits per heavy atom. The molecule has 1 aromatic rings. The van der Waals surface area contributed by atoms with Crippen LogP contribution < -0.4 is 0 Å². The van der Waals surface area contributed by atoms with Crippen LogP contribution >= 0.6 is 0 Å². The molecule has 1 heterocycles. The Bertz CT molecular complexity index is 463. The molecule has 0 spiro atoms. The highest BCUT2D eigenvalue weighted by atomic mass is 32.2. The summed E-state index contributed by atoms with van der Waals surface area (Å²) in [5.74, 6) is 0. The lowest BCUT2D eigenvalue weighted by molar-refractivity contribution is 0.619. The highest BCUT2D eigenvalue weighted by molar-refractivity contribution is 7.63. The van der Waals surface area contributed by atoms with Crippen LogP contribution in [0.4, 0.5) is 0 Å². The van der Waals surface area contributed by atoms with Gasteiger partial charge in [0.05, 0.1) is 0 Å². The third kappa shape index (κ3) is 1.55. The molecule has 0 aliphatic carbocycles. The second-order valence-electron chi connectivity index (χ2n) is 2.62. The van der Waals surface area contributed by atoms with Crippen molar-refractivity contribution in [2.24, 2.45) is 7.05 Å². The Morgan fingerprint density at radius 2 is 2.00 bits per heavy atom. The smallest absolute Gasteiger partial charge is 0.258 e. The standard InChI is InChI=1S/C7H10N2O2S/c1-5-4-6(2)9(3)7(8-5)12(10)11/h4H,1-3H3. The summed E-state index contributed by atoms with van der Waals surface area (Å²) in [7, 11) is -0.586. The average molecular weight is 186 g/mol. The highest BCUT2D eigenvalue weighted by Gasteiger charge is 1.96. The van der Waals surface area contributed by atoms with E-state index in [2.05, 4.69) is 4.98 Å². The zero-order valence-corrected chi connectivity index (χ0v) is 8.01. The minimum atomic E-state index is -2.26. The van der Waals surface area contributed by atoms with Crippen LogP contribution in [0.5, 0.6) is 0 Å². The molecule has 12 heavy (non-hydrogen) atoms. The monoisotopic (exact) mass is 186 g/mol. The molecule has 66 valence electrons. The first kappa shape index (κ1) is 8.99. The topological polar surface area (TPSA) is 52.0 Å². The second-order valence-corrected chi connectivity index (χ2v) is 3.45. The zero-order valence-electron chi connectivity index (χ0n) is 7.20. The third-order valence-corrected chi connectivity index (χ3v) is 2.32. The molecule has 0 aromatic carbocycles. The normalized spacial score (nSPS) is 9.92. The molecule has 0 atom stereocenters. The molecule has 0 saturated carbocycles. The van der Waals surface area contributed by atoms with Crippen LogP contribution in [0.3, 0.4) is 0 Å².